The number of amides is 1. The van der Waals surface area contributed by atoms with E-state index in [1.807, 2.05) is 0 Å². The number of thioether (sulfide) groups is 1. The topological polar surface area (TPSA) is 35.9 Å². The Morgan fingerprint density at radius 2 is 1.74 bits per heavy atom. The molecule has 0 radical (unpaired) electrons. The van der Waals surface area contributed by atoms with E-state index in [2.05, 4.69) is 61.8 Å². The molecule has 2 aliphatic heterocycles. The Balaban J connectivity index is 1.45. The average molecular weight is 494 g/mol. The van der Waals surface area contributed by atoms with E-state index in [0.29, 0.717) is 18.0 Å². The molecule has 3 fully saturated rings. The molecule has 0 aromatic heterocycles. The van der Waals surface area contributed by atoms with Crippen LogP contribution in [0.5, 0.6) is 0 Å². The van der Waals surface area contributed by atoms with Crippen molar-refractivity contribution in [3.05, 3.63) is 34.2 Å². The predicted molar refractivity (Wildman–Crippen MR) is 150 cm³/mol. The second-order valence-electron chi connectivity index (χ2n) is 11.8. The Hall–Kier alpha value is -1.75. The molecule has 1 saturated heterocycles. The summed E-state index contributed by atoms with van der Waals surface area (Å²) in [5.41, 5.74) is 4.08. The molecule has 1 aromatic rings. The maximum atomic E-state index is 13.7. The standard InChI is InChI=1S/C30H43N3OS/c1-5-32-26-17-16-22(18-25(26)21(2)20-30(32,3)4)19-27-28(34)33(24-14-10-7-11-15-24)29(35-27)31-23-12-8-6-9-13-23/h16-19,21,23-24H,5-15,20H2,1-4H3/b27-19+,31-29?. The summed E-state index contributed by atoms with van der Waals surface area (Å²) < 4.78 is 0. The lowest BCUT2D eigenvalue weighted by Crippen LogP contribution is -2.48. The smallest absolute Gasteiger partial charge is 0.266 e. The van der Waals surface area contributed by atoms with Gasteiger partial charge in [-0.25, -0.2) is 0 Å². The van der Waals surface area contributed by atoms with Crippen LogP contribution >= 0.6 is 11.8 Å². The van der Waals surface area contributed by atoms with Crippen molar-refractivity contribution >= 4 is 34.6 Å². The maximum Gasteiger partial charge on any atom is 0.266 e. The van der Waals surface area contributed by atoms with Gasteiger partial charge in [0.1, 0.15) is 0 Å². The van der Waals surface area contributed by atoms with E-state index in [9.17, 15) is 4.79 Å². The van der Waals surface area contributed by atoms with Crippen LogP contribution in [0.3, 0.4) is 0 Å². The van der Waals surface area contributed by atoms with Gasteiger partial charge in [0.15, 0.2) is 5.17 Å². The van der Waals surface area contributed by atoms with Crippen LogP contribution < -0.4 is 4.90 Å². The minimum atomic E-state index is 0.170. The molecule has 4 aliphatic rings. The fourth-order valence-electron chi connectivity index (χ4n) is 6.95. The Morgan fingerprint density at radius 3 is 2.43 bits per heavy atom. The number of anilines is 1. The zero-order valence-electron chi connectivity index (χ0n) is 22.2. The molecule has 1 unspecified atom stereocenters. The summed E-state index contributed by atoms with van der Waals surface area (Å²) in [7, 11) is 0. The highest BCUT2D eigenvalue weighted by atomic mass is 32.2. The second kappa shape index (κ2) is 10.3. The van der Waals surface area contributed by atoms with E-state index in [0.717, 1.165) is 41.4 Å². The van der Waals surface area contributed by atoms with Crippen LogP contribution in [0, 0.1) is 0 Å². The fourth-order valence-corrected chi connectivity index (χ4v) is 8.06. The quantitative estimate of drug-likeness (QED) is 0.403. The Kier molecular flexibility index (Phi) is 7.35. The minimum absolute atomic E-state index is 0.170. The molecule has 2 saturated carbocycles. The van der Waals surface area contributed by atoms with Gasteiger partial charge in [-0.1, -0.05) is 51.5 Å². The van der Waals surface area contributed by atoms with Crippen LogP contribution in [0.15, 0.2) is 28.1 Å². The van der Waals surface area contributed by atoms with Gasteiger partial charge in [0.05, 0.1) is 10.9 Å². The third kappa shape index (κ3) is 5.08. The van der Waals surface area contributed by atoms with Crippen LogP contribution in [0.25, 0.3) is 6.08 Å². The summed E-state index contributed by atoms with van der Waals surface area (Å²) in [5, 5.41) is 0.977. The highest BCUT2D eigenvalue weighted by Crippen LogP contribution is 2.44. The lowest BCUT2D eigenvalue weighted by molar-refractivity contribution is -0.124. The molecule has 1 amide bonds. The van der Waals surface area contributed by atoms with E-state index in [4.69, 9.17) is 4.99 Å². The van der Waals surface area contributed by atoms with E-state index >= 15 is 0 Å². The van der Waals surface area contributed by atoms with Crippen LogP contribution in [0.1, 0.15) is 115 Å². The summed E-state index contributed by atoms with van der Waals surface area (Å²) in [6, 6.07) is 7.53. The molecular weight excluding hydrogens is 450 g/mol. The highest BCUT2D eigenvalue weighted by molar-refractivity contribution is 8.18. The van der Waals surface area contributed by atoms with Crippen molar-refractivity contribution < 1.29 is 4.79 Å². The summed E-state index contributed by atoms with van der Waals surface area (Å²) in [6.45, 7) is 10.3. The fraction of sp³-hybridized carbons (Fsp3) is 0.667. The lowest BCUT2D eigenvalue weighted by atomic mass is 9.79. The van der Waals surface area contributed by atoms with Gasteiger partial charge in [-0.05, 0) is 99.9 Å². The van der Waals surface area contributed by atoms with Crippen LogP contribution in [0.2, 0.25) is 0 Å². The number of hydrogen-bond acceptors (Lipinski definition) is 4. The van der Waals surface area contributed by atoms with Crippen molar-refractivity contribution in [1.82, 2.24) is 4.90 Å². The Labute approximate surface area is 216 Å². The zero-order valence-corrected chi connectivity index (χ0v) is 23.0. The molecule has 1 atom stereocenters. The first-order valence-electron chi connectivity index (χ1n) is 14.1. The molecule has 4 nitrogen and oxygen atoms in total. The monoisotopic (exact) mass is 493 g/mol. The van der Waals surface area contributed by atoms with Crippen molar-refractivity contribution in [3.63, 3.8) is 0 Å². The average Bonchev–Trinajstić information content (AvgIpc) is 3.14. The molecule has 2 heterocycles. The van der Waals surface area contributed by atoms with E-state index in [-0.39, 0.29) is 11.4 Å². The number of hydrogen-bond donors (Lipinski definition) is 0. The van der Waals surface area contributed by atoms with Gasteiger partial charge in [-0.3, -0.25) is 14.7 Å². The van der Waals surface area contributed by atoms with Crippen molar-refractivity contribution in [2.75, 3.05) is 11.4 Å². The van der Waals surface area contributed by atoms with Gasteiger partial charge in [-0.2, -0.15) is 0 Å². The van der Waals surface area contributed by atoms with Gasteiger partial charge in [0.25, 0.3) is 5.91 Å². The van der Waals surface area contributed by atoms with Gasteiger partial charge < -0.3 is 4.90 Å². The number of rotatable bonds is 4. The summed E-state index contributed by atoms with van der Waals surface area (Å²) in [4.78, 5) is 24.4. The molecule has 1 aromatic carbocycles. The lowest BCUT2D eigenvalue weighted by Gasteiger charge is -2.47. The predicted octanol–water partition coefficient (Wildman–Crippen LogP) is 7.74. The molecule has 5 heteroatoms. The molecule has 5 rings (SSSR count). The maximum absolute atomic E-state index is 13.7. The molecule has 0 spiro atoms. The van der Waals surface area contributed by atoms with Crippen molar-refractivity contribution in [2.45, 2.75) is 122 Å². The minimum Gasteiger partial charge on any atom is -0.366 e. The van der Waals surface area contributed by atoms with Crippen molar-refractivity contribution in [1.29, 1.82) is 0 Å². The SMILES string of the molecule is CCN1c2ccc(/C=C3/SC(=NC4CCCCC4)N(C4CCCCC4)C3=O)cc2C(C)CC1(C)C. The van der Waals surface area contributed by atoms with Gasteiger partial charge in [-0.15, -0.1) is 0 Å². The molecule has 2 aliphatic carbocycles. The van der Waals surface area contributed by atoms with E-state index in [1.165, 1.54) is 62.6 Å². The van der Waals surface area contributed by atoms with Crippen LogP contribution in [-0.2, 0) is 4.79 Å². The third-order valence-corrected chi connectivity index (χ3v) is 9.67. The third-order valence-electron chi connectivity index (χ3n) is 8.67. The largest absolute Gasteiger partial charge is 0.366 e. The van der Waals surface area contributed by atoms with Crippen molar-refractivity contribution in [3.8, 4) is 0 Å². The van der Waals surface area contributed by atoms with Gasteiger partial charge in [0.2, 0.25) is 0 Å². The summed E-state index contributed by atoms with van der Waals surface area (Å²) in [5.74, 6) is 0.689. The number of amidine groups is 1. The first-order chi connectivity index (χ1) is 16.9. The van der Waals surface area contributed by atoms with E-state index < -0.39 is 0 Å². The molecule has 0 bridgehead atoms. The molecule has 190 valence electrons. The molecule has 35 heavy (non-hydrogen) atoms. The number of carbonyl (C=O) groups excluding carboxylic acids is 1. The van der Waals surface area contributed by atoms with Gasteiger partial charge >= 0.3 is 0 Å². The molecule has 0 N–H and O–H groups in total. The number of benzene rings is 1. The van der Waals surface area contributed by atoms with Gasteiger partial charge in [0, 0.05) is 23.8 Å². The van der Waals surface area contributed by atoms with E-state index in [1.54, 1.807) is 11.8 Å². The Morgan fingerprint density at radius 1 is 1.06 bits per heavy atom. The number of carbonyl (C=O) groups is 1. The number of nitrogens with zero attached hydrogens (tertiary/aromatic N) is 3. The second-order valence-corrected chi connectivity index (χ2v) is 12.8. The Bertz CT molecular complexity index is 1000. The first kappa shape index (κ1) is 24.9. The zero-order chi connectivity index (χ0) is 24.6. The van der Waals surface area contributed by atoms with Crippen LogP contribution in [-0.4, -0.2) is 40.1 Å². The number of aliphatic imine (C=N–C) groups is 1. The summed E-state index contributed by atoms with van der Waals surface area (Å²) in [6.07, 6.45) is 15.5. The first-order valence-corrected chi connectivity index (χ1v) is 14.9. The molecular formula is C30H43N3OS. The van der Waals surface area contributed by atoms with Crippen molar-refractivity contribution in [2.24, 2.45) is 4.99 Å². The normalized spacial score (nSPS) is 28.2. The van der Waals surface area contributed by atoms with Crippen LogP contribution in [0.4, 0.5) is 5.69 Å². The summed E-state index contributed by atoms with van der Waals surface area (Å²) >= 11 is 1.63. The number of fused-ring (bicyclic) bond motifs is 1. The highest BCUT2D eigenvalue weighted by Gasteiger charge is 2.39.